The van der Waals surface area contributed by atoms with Gasteiger partial charge in [-0.25, -0.2) is 13.4 Å². The number of sulfone groups is 1. The molecule has 1 aromatic carbocycles. The molecule has 1 aromatic heterocycles. The predicted octanol–water partition coefficient (Wildman–Crippen LogP) is 2.55. The van der Waals surface area contributed by atoms with Gasteiger partial charge in [-0.05, 0) is 44.5 Å². The smallest absolute Gasteiger partial charge is 0.229 e. The van der Waals surface area contributed by atoms with Crippen molar-refractivity contribution in [1.82, 2.24) is 9.97 Å². The minimum atomic E-state index is -2.95. The van der Waals surface area contributed by atoms with Crippen molar-refractivity contribution < 1.29 is 13.2 Å². The van der Waals surface area contributed by atoms with E-state index in [1.807, 2.05) is 44.2 Å². The molecule has 7 nitrogen and oxygen atoms in total. The Morgan fingerprint density at radius 2 is 2.00 bits per heavy atom. The standard InChI is InChI=1S/C18H24N4O3S/c1-4-22(15-9-10-26(23,24)12-15)17-11-13(2)19-18(21-17)20-14-5-7-16(25-3)8-6-14/h5-8,11,15H,4,9-10,12H2,1-3H3,(H,19,20,21). The lowest BCUT2D eigenvalue weighted by Gasteiger charge is -2.28. The van der Waals surface area contributed by atoms with Gasteiger partial charge in [0.15, 0.2) is 9.84 Å². The van der Waals surface area contributed by atoms with Gasteiger partial charge in [0.1, 0.15) is 11.6 Å². The van der Waals surface area contributed by atoms with E-state index in [-0.39, 0.29) is 17.5 Å². The van der Waals surface area contributed by atoms with Crippen LogP contribution in [0.5, 0.6) is 5.75 Å². The van der Waals surface area contributed by atoms with Gasteiger partial charge in [-0.15, -0.1) is 0 Å². The average molecular weight is 376 g/mol. The van der Waals surface area contributed by atoms with Crippen molar-refractivity contribution in [3.63, 3.8) is 0 Å². The minimum Gasteiger partial charge on any atom is -0.497 e. The van der Waals surface area contributed by atoms with Crippen LogP contribution in [0.2, 0.25) is 0 Å². The molecule has 3 rings (SSSR count). The fraction of sp³-hybridized carbons (Fsp3) is 0.444. The lowest BCUT2D eigenvalue weighted by Crippen LogP contribution is -2.36. The third-order valence-corrected chi connectivity index (χ3v) is 6.22. The topological polar surface area (TPSA) is 84.4 Å². The Balaban J connectivity index is 1.84. The molecule has 1 aliphatic heterocycles. The van der Waals surface area contributed by atoms with Gasteiger partial charge in [0, 0.05) is 30.0 Å². The summed E-state index contributed by atoms with van der Waals surface area (Å²) >= 11 is 0. The van der Waals surface area contributed by atoms with Crippen LogP contribution in [0.25, 0.3) is 0 Å². The van der Waals surface area contributed by atoms with Gasteiger partial charge in [0.25, 0.3) is 0 Å². The highest BCUT2D eigenvalue weighted by Crippen LogP contribution is 2.25. The summed E-state index contributed by atoms with van der Waals surface area (Å²) in [5.41, 5.74) is 1.68. The van der Waals surface area contributed by atoms with Crippen LogP contribution in [-0.2, 0) is 9.84 Å². The summed E-state index contributed by atoms with van der Waals surface area (Å²) in [6.45, 7) is 4.61. The number of nitrogens with zero attached hydrogens (tertiary/aromatic N) is 3. The third-order valence-electron chi connectivity index (χ3n) is 4.47. The van der Waals surface area contributed by atoms with Crippen molar-refractivity contribution in [3.8, 4) is 5.75 Å². The van der Waals surface area contributed by atoms with Gasteiger partial charge in [0.05, 0.1) is 18.6 Å². The fourth-order valence-electron chi connectivity index (χ4n) is 3.19. The van der Waals surface area contributed by atoms with Crippen LogP contribution < -0.4 is 15.0 Å². The summed E-state index contributed by atoms with van der Waals surface area (Å²) in [4.78, 5) is 11.1. The quantitative estimate of drug-likeness (QED) is 0.829. The maximum Gasteiger partial charge on any atom is 0.229 e. The first-order chi connectivity index (χ1) is 12.4. The zero-order valence-corrected chi connectivity index (χ0v) is 16.1. The van der Waals surface area contributed by atoms with E-state index in [0.717, 1.165) is 22.9 Å². The van der Waals surface area contributed by atoms with E-state index < -0.39 is 9.84 Å². The molecule has 0 aliphatic carbocycles. The number of rotatable bonds is 6. The number of anilines is 3. The first-order valence-electron chi connectivity index (χ1n) is 8.64. The lowest BCUT2D eigenvalue weighted by molar-refractivity contribution is 0.415. The van der Waals surface area contributed by atoms with Gasteiger partial charge in [-0.2, -0.15) is 4.98 Å². The molecular formula is C18H24N4O3S. The molecule has 0 radical (unpaired) electrons. The fourth-order valence-corrected chi connectivity index (χ4v) is 4.92. The van der Waals surface area contributed by atoms with E-state index in [0.29, 0.717) is 18.9 Å². The van der Waals surface area contributed by atoms with Gasteiger partial charge >= 0.3 is 0 Å². The first-order valence-corrected chi connectivity index (χ1v) is 10.5. The number of ether oxygens (including phenoxy) is 1. The van der Waals surface area contributed by atoms with E-state index in [1.165, 1.54) is 0 Å². The molecule has 0 amide bonds. The number of nitrogens with one attached hydrogen (secondary N) is 1. The second-order valence-electron chi connectivity index (χ2n) is 6.39. The van der Waals surface area contributed by atoms with E-state index in [2.05, 4.69) is 20.2 Å². The number of methoxy groups -OCH3 is 1. The highest BCUT2D eigenvalue weighted by atomic mass is 32.2. The van der Waals surface area contributed by atoms with E-state index >= 15 is 0 Å². The normalized spacial score (nSPS) is 18.5. The average Bonchev–Trinajstić information content (AvgIpc) is 2.95. The van der Waals surface area contributed by atoms with Gasteiger partial charge < -0.3 is 15.0 Å². The van der Waals surface area contributed by atoms with Crippen LogP contribution >= 0.6 is 0 Å². The Morgan fingerprint density at radius 3 is 2.58 bits per heavy atom. The highest BCUT2D eigenvalue weighted by Gasteiger charge is 2.32. The van der Waals surface area contributed by atoms with Crippen LogP contribution in [0.1, 0.15) is 19.0 Å². The van der Waals surface area contributed by atoms with Crippen LogP contribution in [0.4, 0.5) is 17.5 Å². The summed E-state index contributed by atoms with van der Waals surface area (Å²) < 4.78 is 28.8. The molecule has 1 N–H and O–H groups in total. The molecule has 140 valence electrons. The lowest BCUT2D eigenvalue weighted by atomic mass is 10.2. The molecule has 1 fully saturated rings. The second-order valence-corrected chi connectivity index (χ2v) is 8.62. The molecule has 1 aliphatic rings. The second kappa shape index (κ2) is 7.49. The summed E-state index contributed by atoms with van der Waals surface area (Å²) in [5.74, 6) is 2.45. The van der Waals surface area contributed by atoms with Crippen molar-refractivity contribution in [2.24, 2.45) is 0 Å². The maximum atomic E-state index is 11.8. The number of hydrogen-bond donors (Lipinski definition) is 1. The monoisotopic (exact) mass is 376 g/mol. The predicted molar refractivity (Wildman–Crippen MR) is 103 cm³/mol. The number of aryl methyl sites for hydroxylation is 1. The van der Waals surface area contributed by atoms with E-state index in [4.69, 9.17) is 4.74 Å². The number of hydrogen-bond acceptors (Lipinski definition) is 7. The molecule has 1 unspecified atom stereocenters. The van der Waals surface area contributed by atoms with E-state index in [9.17, 15) is 8.42 Å². The largest absolute Gasteiger partial charge is 0.497 e. The summed E-state index contributed by atoms with van der Waals surface area (Å²) in [7, 11) is -1.32. The minimum absolute atomic E-state index is 0.0341. The number of aromatic nitrogens is 2. The van der Waals surface area contributed by atoms with Crippen molar-refractivity contribution in [3.05, 3.63) is 36.0 Å². The molecule has 0 spiro atoms. The summed E-state index contributed by atoms with van der Waals surface area (Å²) in [6.07, 6.45) is 0.639. The van der Waals surface area contributed by atoms with Gasteiger partial charge in [0.2, 0.25) is 5.95 Å². The zero-order valence-electron chi connectivity index (χ0n) is 15.3. The van der Waals surface area contributed by atoms with Crippen LogP contribution in [-0.4, -0.2) is 49.6 Å². The number of benzene rings is 1. The van der Waals surface area contributed by atoms with Crippen molar-refractivity contribution >= 4 is 27.3 Å². The van der Waals surface area contributed by atoms with Gasteiger partial charge in [-0.1, -0.05) is 0 Å². The molecule has 26 heavy (non-hydrogen) atoms. The van der Waals surface area contributed by atoms with Crippen molar-refractivity contribution in [2.75, 3.05) is 35.4 Å². The molecule has 1 saturated heterocycles. The molecule has 8 heteroatoms. The van der Waals surface area contributed by atoms with Gasteiger partial charge in [-0.3, -0.25) is 0 Å². The van der Waals surface area contributed by atoms with Crippen molar-refractivity contribution in [2.45, 2.75) is 26.3 Å². The van der Waals surface area contributed by atoms with Crippen LogP contribution in [0.15, 0.2) is 30.3 Å². The third kappa shape index (κ3) is 4.24. The maximum absolute atomic E-state index is 11.8. The summed E-state index contributed by atoms with van der Waals surface area (Å²) in [5, 5.41) is 3.20. The Bertz CT molecular complexity index is 869. The first kappa shape index (κ1) is 18.4. The van der Waals surface area contributed by atoms with Crippen LogP contribution in [0, 0.1) is 6.92 Å². The Labute approximate surface area is 154 Å². The SMILES string of the molecule is CCN(c1cc(C)nc(Nc2ccc(OC)cc2)n1)C1CCS(=O)(=O)C1. The molecular weight excluding hydrogens is 352 g/mol. The molecule has 0 bridgehead atoms. The molecule has 0 saturated carbocycles. The van der Waals surface area contributed by atoms with E-state index in [1.54, 1.807) is 7.11 Å². The summed E-state index contributed by atoms with van der Waals surface area (Å²) in [6, 6.07) is 9.37. The Kier molecular flexibility index (Phi) is 5.31. The Morgan fingerprint density at radius 1 is 1.27 bits per heavy atom. The van der Waals surface area contributed by atoms with Crippen molar-refractivity contribution in [1.29, 1.82) is 0 Å². The van der Waals surface area contributed by atoms with Crippen LogP contribution in [0.3, 0.4) is 0 Å². The highest BCUT2D eigenvalue weighted by molar-refractivity contribution is 7.91. The molecule has 2 heterocycles. The zero-order chi connectivity index (χ0) is 18.7. The molecule has 2 aromatic rings. The Hall–Kier alpha value is -2.35. The molecule has 1 atom stereocenters.